The lowest BCUT2D eigenvalue weighted by molar-refractivity contribution is 0.986. The highest BCUT2D eigenvalue weighted by Gasteiger charge is 2.07. The van der Waals surface area contributed by atoms with Crippen molar-refractivity contribution in [2.24, 2.45) is 0 Å². The van der Waals surface area contributed by atoms with Gasteiger partial charge < -0.3 is 0 Å². The van der Waals surface area contributed by atoms with Crippen molar-refractivity contribution in [1.82, 2.24) is 19.6 Å². The lowest BCUT2D eigenvalue weighted by Gasteiger charge is -2.00. The molecule has 0 radical (unpaired) electrons. The van der Waals surface area contributed by atoms with E-state index in [-0.39, 0.29) is 0 Å². The Hall–Kier alpha value is -0.810. The first kappa shape index (κ1) is 10.7. The zero-order valence-corrected chi connectivity index (χ0v) is 9.92. The summed E-state index contributed by atoms with van der Waals surface area (Å²) in [4.78, 5) is 4.29. The Kier molecular flexibility index (Phi) is 3.43. The van der Waals surface area contributed by atoms with Crippen molar-refractivity contribution in [3.63, 3.8) is 0 Å². The minimum Gasteiger partial charge on any atom is -0.283 e. The molecule has 0 atom stereocenters. The normalized spacial score (nSPS) is 11.1. The van der Waals surface area contributed by atoms with Crippen molar-refractivity contribution in [3.05, 3.63) is 18.2 Å². The highest BCUT2D eigenvalue weighted by Crippen LogP contribution is 2.20. The monoisotopic (exact) mass is 242 g/mol. The Bertz CT molecular complexity index is 456. The van der Waals surface area contributed by atoms with Crippen LogP contribution in [0.5, 0.6) is 0 Å². The fourth-order valence-corrected chi connectivity index (χ4v) is 2.42. The predicted octanol–water partition coefficient (Wildman–Crippen LogP) is 2.15. The van der Waals surface area contributed by atoms with Crippen LogP contribution in [0.25, 0.3) is 5.65 Å². The quantitative estimate of drug-likeness (QED) is 0.468. The van der Waals surface area contributed by atoms with Gasteiger partial charge in [-0.25, -0.2) is 4.98 Å². The molecule has 0 aromatic carbocycles. The summed E-state index contributed by atoms with van der Waals surface area (Å²) in [5.41, 5.74) is 0.828. The molecule has 0 spiro atoms. The molecule has 15 heavy (non-hydrogen) atoms. The Labute approximate surface area is 97.1 Å². The number of nitrogens with zero attached hydrogens (tertiary/aromatic N) is 4. The van der Waals surface area contributed by atoms with Crippen molar-refractivity contribution >= 4 is 29.0 Å². The van der Waals surface area contributed by atoms with Gasteiger partial charge in [0.15, 0.2) is 5.65 Å². The van der Waals surface area contributed by atoms with Crippen LogP contribution < -0.4 is 0 Å². The van der Waals surface area contributed by atoms with Gasteiger partial charge in [0.1, 0.15) is 10.9 Å². The number of halogens is 1. The van der Waals surface area contributed by atoms with E-state index in [0.717, 1.165) is 28.7 Å². The molecule has 80 valence electrons. The molecular formula is C9H11ClN4S. The van der Waals surface area contributed by atoms with E-state index in [2.05, 4.69) is 15.2 Å². The summed E-state index contributed by atoms with van der Waals surface area (Å²) in [7, 11) is 0. The Morgan fingerprint density at radius 1 is 1.47 bits per heavy atom. The molecule has 0 fully saturated rings. The van der Waals surface area contributed by atoms with E-state index in [1.165, 1.54) is 0 Å². The van der Waals surface area contributed by atoms with E-state index in [4.69, 9.17) is 11.6 Å². The third-order valence-corrected chi connectivity index (χ3v) is 3.30. The van der Waals surface area contributed by atoms with Gasteiger partial charge in [0, 0.05) is 24.0 Å². The van der Waals surface area contributed by atoms with Crippen LogP contribution in [0, 0.1) is 6.92 Å². The molecule has 0 saturated heterocycles. The van der Waals surface area contributed by atoms with E-state index in [0.29, 0.717) is 5.88 Å². The average Bonchev–Trinajstić information content (AvgIpc) is 2.62. The summed E-state index contributed by atoms with van der Waals surface area (Å²) in [6.07, 6.45) is 4.62. The maximum Gasteiger partial charge on any atom is 0.193 e. The molecule has 0 aliphatic carbocycles. The molecule has 2 aromatic heterocycles. The molecule has 2 rings (SSSR count). The Morgan fingerprint density at radius 2 is 2.33 bits per heavy atom. The number of hydrogen-bond donors (Lipinski definition) is 0. The van der Waals surface area contributed by atoms with Crippen LogP contribution in [-0.2, 0) is 0 Å². The summed E-state index contributed by atoms with van der Waals surface area (Å²) >= 11 is 7.29. The molecule has 6 heteroatoms. The Balaban J connectivity index is 2.26. The van der Waals surface area contributed by atoms with Crippen LogP contribution in [0.3, 0.4) is 0 Å². The summed E-state index contributed by atoms with van der Waals surface area (Å²) in [5, 5.41) is 9.03. The number of thioether (sulfide) groups is 1. The van der Waals surface area contributed by atoms with Gasteiger partial charge in [0.25, 0.3) is 0 Å². The van der Waals surface area contributed by atoms with Crippen LogP contribution in [-0.4, -0.2) is 31.2 Å². The number of aryl methyl sites for hydroxylation is 1. The van der Waals surface area contributed by atoms with Crippen molar-refractivity contribution in [2.45, 2.75) is 18.4 Å². The first-order valence-corrected chi connectivity index (χ1v) is 6.20. The second kappa shape index (κ2) is 4.81. The largest absolute Gasteiger partial charge is 0.283 e. The van der Waals surface area contributed by atoms with Crippen LogP contribution in [0.1, 0.15) is 12.2 Å². The average molecular weight is 243 g/mol. The van der Waals surface area contributed by atoms with E-state index in [1.807, 2.05) is 17.5 Å². The fourth-order valence-electron chi connectivity index (χ4n) is 1.24. The van der Waals surface area contributed by atoms with Crippen molar-refractivity contribution in [2.75, 3.05) is 11.6 Å². The molecule has 0 saturated carbocycles. The van der Waals surface area contributed by atoms with E-state index >= 15 is 0 Å². The standard InChI is InChI=1S/C9H11ClN4S/c1-7-12-13-8-9(15-6-2-3-10)11-4-5-14(7)8/h4-5H,2-3,6H2,1H3. The molecule has 0 bridgehead atoms. The molecule has 0 aliphatic rings. The SMILES string of the molecule is Cc1nnc2c(SCCCCl)nccn12. The maximum absolute atomic E-state index is 5.62. The summed E-state index contributed by atoms with van der Waals surface area (Å²) < 4.78 is 1.94. The number of alkyl halides is 1. The molecule has 2 aromatic rings. The molecule has 0 N–H and O–H groups in total. The van der Waals surface area contributed by atoms with Gasteiger partial charge >= 0.3 is 0 Å². The molecular weight excluding hydrogens is 232 g/mol. The zero-order chi connectivity index (χ0) is 10.7. The minimum atomic E-state index is 0.682. The lowest BCUT2D eigenvalue weighted by atomic mass is 10.6. The van der Waals surface area contributed by atoms with Crippen LogP contribution in [0.4, 0.5) is 0 Å². The number of hydrogen-bond acceptors (Lipinski definition) is 4. The van der Waals surface area contributed by atoms with Crippen LogP contribution in [0.15, 0.2) is 17.4 Å². The topological polar surface area (TPSA) is 43.1 Å². The van der Waals surface area contributed by atoms with Crippen LogP contribution >= 0.6 is 23.4 Å². The molecule has 4 nitrogen and oxygen atoms in total. The van der Waals surface area contributed by atoms with Gasteiger partial charge in [0.05, 0.1) is 0 Å². The van der Waals surface area contributed by atoms with Crippen molar-refractivity contribution in [1.29, 1.82) is 0 Å². The summed E-state index contributed by atoms with van der Waals surface area (Å²) in [6.45, 7) is 1.92. The van der Waals surface area contributed by atoms with Gasteiger partial charge in [-0.3, -0.25) is 4.40 Å². The fraction of sp³-hybridized carbons (Fsp3) is 0.444. The Morgan fingerprint density at radius 3 is 3.13 bits per heavy atom. The second-order valence-electron chi connectivity index (χ2n) is 3.06. The summed E-state index contributed by atoms with van der Waals surface area (Å²) in [5.74, 6) is 2.52. The van der Waals surface area contributed by atoms with E-state index in [1.54, 1.807) is 18.0 Å². The summed E-state index contributed by atoms with van der Waals surface area (Å²) in [6, 6.07) is 0. The molecule has 2 heterocycles. The first-order chi connectivity index (χ1) is 7.33. The minimum absolute atomic E-state index is 0.682. The highest BCUT2D eigenvalue weighted by molar-refractivity contribution is 7.99. The smallest absolute Gasteiger partial charge is 0.193 e. The maximum atomic E-state index is 5.62. The molecule has 0 unspecified atom stereocenters. The highest BCUT2D eigenvalue weighted by atomic mass is 35.5. The van der Waals surface area contributed by atoms with Gasteiger partial charge in [-0.05, 0) is 13.3 Å². The zero-order valence-electron chi connectivity index (χ0n) is 8.35. The van der Waals surface area contributed by atoms with E-state index < -0.39 is 0 Å². The van der Waals surface area contributed by atoms with E-state index in [9.17, 15) is 0 Å². The van der Waals surface area contributed by atoms with Crippen LogP contribution in [0.2, 0.25) is 0 Å². The molecule has 0 amide bonds. The van der Waals surface area contributed by atoms with Crippen molar-refractivity contribution < 1.29 is 0 Å². The lowest BCUT2D eigenvalue weighted by Crippen LogP contribution is -1.92. The number of rotatable bonds is 4. The van der Waals surface area contributed by atoms with Gasteiger partial charge in [-0.2, -0.15) is 0 Å². The number of aromatic nitrogens is 4. The van der Waals surface area contributed by atoms with Gasteiger partial charge in [-0.15, -0.1) is 33.6 Å². The van der Waals surface area contributed by atoms with Crippen molar-refractivity contribution in [3.8, 4) is 0 Å². The first-order valence-electron chi connectivity index (χ1n) is 4.68. The third kappa shape index (κ3) is 2.23. The predicted molar refractivity (Wildman–Crippen MR) is 61.6 cm³/mol. The van der Waals surface area contributed by atoms with Gasteiger partial charge in [-0.1, -0.05) is 0 Å². The van der Waals surface area contributed by atoms with Gasteiger partial charge in [0.2, 0.25) is 0 Å². The number of fused-ring (bicyclic) bond motifs is 1. The second-order valence-corrected chi connectivity index (χ2v) is 4.53. The third-order valence-electron chi connectivity index (χ3n) is 1.98. The molecule has 0 aliphatic heterocycles.